The zero-order valence-electron chi connectivity index (χ0n) is 19.0. The van der Waals surface area contributed by atoms with Crippen LogP contribution in [-0.4, -0.2) is 30.8 Å². The SMILES string of the molecule is C1CC[CH]([Sn]([CH]2CCCCC2)[CH]2CCCCC2)CC1.O=C(O)c1cc2ccccc2s1. The van der Waals surface area contributed by atoms with E-state index in [0.29, 0.717) is 4.88 Å². The van der Waals surface area contributed by atoms with E-state index in [2.05, 4.69) is 0 Å². The van der Waals surface area contributed by atoms with Gasteiger partial charge in [-0.3, -0.25) is 0 Å². The maximum absolute atomic E-state index is 10.6. The third kappa shape index (κ3) is 6.49. The molecule has 0 spiro atoms. The number of thiophene rings is 1. The predicted molar refractivity (Wildman–Crippen MR) is 135 cm³/mol. The van der Waals surface area contributed by atoms with Crippen molar-refractivity contribution in [1.82, 2.24) is 0 Å². The quantitative estimate of drug-likeness (QED) is 0.389. The molecule has 0 bridgehead atoms. The van der Waals surface area contributed by atoms with E-state index in [0.717, 1.165) is 10.1 Å². The van der Waals surface area contributed by atoms with Crippen molar-refractivity contribution < 1.29 is 9.90 Å². The molecule has 3 saturated carbocycles. The summed E-state index contributed by atoms with van der Waals surface area (Å²) < 4.78 is 4.99. The van der Waals surface area contributed by atoms with Crippen molar-refractivity contribution in [3.63, 3.8) is 0 Å². The molecule has 3 fully saturated rings. The largest absolute Gasteiger partial charge is 0.477 e. The van der Waals surface area contributed by atoms with E-state index in [1.54, 1.807) is 102 Å². The van der Waals surface area contributed by atoms with Crippen molar-refractivity contribution in [3.8, 4) is 0 Å². The van der Waals surface area contributed by atoms with Gasteiger partial charge < -0.3 is 5.11 Å². The smallest absolute Gasteiger partial charge is 0.345 e. The molecular formula is C27H39O2SSn. The molecule has 1 aromatic carbocycles. The standard InChI is InChI=1S/C9H6O2S.3C6H11.Sn/c10-9(11)8-5-6-3-1-2-4-7(6)12-8;3*1-2-4-6-5-3-1;/h1-5H,(H,10,11);3*1H,2-6H2;. The summed E-state index contributed by atoms with van der Waals surface area (Å²) >= 11 is 0.155. The van der Waals surface area contributed by atoms with Crippen LogP contribution in [-0.2, 0) is 0 Å². The Morgan fingerprint density at radius 1 is 0.742 bits per heavy atom. The third-order valence-electron chi connectivity index (χ3n) is 7.87. The maximum Gasteiger partial charge on any atom is 0.345 e. The summed E-state index contributed by atoms with van der Waals surface area (Å²) in [6.07, 6.45) is 24.2. The molecule has 1 heterocycles. The van der Waals surface area contributed by atoms with E-state index in [1.165, 1.54) is 23.1 Å². The molecular weight excluding hydrogens is 507 g/mol. The van der Waals surface area contributed by atoms with E-state index in [-0.39, 0.29) is 0 Å². The number of carboxylic acids is 1. The van der Waals surface area contributed by atoms with Gasteiger partial charge in [-0.05, 0) is 17.5 Å². The molecule has 1 aromatic heterocycles. The molecule has 3 aliphatic carbocycles. The van der Waals surface area contributed by atoms with Crippen molar-refractivity contribution in [3.05, 3.63) is 35.2 Å². The minimum Gasteiger partial charge on any atom is -0.477 e. The number of carboxylic acid groups (broad SMARTS) is 1. The first-order chi connectivity index (χ1) is 15.2. The van der Waals surface area contributed by atoms with Gasteiger partial charge in [-0.2, -0.15) is 0 Å². The first kappa shape index (κ1) is 23.6. The molecule has 0 aliphatic heterocycles. The second kappa shape index (κ2) is 12.1. The van der Waals surface area contributed by atoms with Crippen LogP contribution in [0.3, 0.4) is 0 Å². The molecule has 31 heavy (non-hydrogen) atoms. The van der Waals surface area contributed by atoms with Gasteiger partial charge in [0.05, 0.1) is 0 Å². The summed E-state index contributed by atoms with van der Waals surface area (Å²) in [5.74, 6) is -0.851. The van der Waals surface area contributed by atoms with E-state index < -0.39 is 25.7 Å². The Labute approximate surface area is 199 Å². The van der Waals surface area contributed by atoms with Gasteiger partial charge in [0.2, 0.25) is 0 Å². The Bertz CT molecular complexity index is 738. The van der Waals surface area contributed by atoms with Crippen LogP contribution >= 0.6 is 11.3 Å². The molecule has 2 nitrogen and oxygen atoms in total. The number of aromatic carboxylic acids is 1. The molecule has 1 radical (unpaired) electrons. The summed E-state index contributed by atoms with van der Waals surface area (Å²) in [4.78, 5) is 11.0. The van der Waals surface area contributed by atoms with Crippen LogP contribution in [0.2, 0.25) is 11.8 Å². The minimum absolute atomic E-state index is 0.399. The van der Waals surface area contributed by atoms with Crippen LogP contribution in [0.5, 0.6) is 0 Å². The van der Waals surface area contributed by atoms with Gasteiger partial charge in [-0.25, -0.2) is 4.79 Å². The Morgan fingerprint density at radius 3 is 1.61 bits per heavy atom. The molecule has 5 rings (SSSR count). The fourth-order valence-corrected chi connectivity index (χ4v) is 22.2. The van der Waals surface area contributed by atoms with Gasteiger partial charge >= 0.3 is 134 Å². The van der Waals surface area contributed by atoms with E-state index in [4.69, 9.17) is 5.11 Å². The number of benzene rings is 1. The summed E-state index contributed by atoms with van der Waals surface area (Å²) in [6.45, 7) is 0. The molecule has 0 unspecified atom stereocenters. The molecule has 0 atom stereocenters. The van der Waals surface area contributed by atoms with Gasteiger partial charge in [-0.1, -0.05) is 18.2 Å². The molecule has 3 aliphatic rings. The molecule has 0 amide bonds. The molecule has 0 saturated heterocycles. The molecule has 2 aromatic rings. The van der Waals surface area contributed by atoms with Crippen molar-refractivity contribution in [2.75, 3.05) is 0 Å². The van der Waals surface area contributed by atoms with Crippen LogP contribution in [0.25, 0.3) is 10.1 Å². The third-order valence-corrected chi connectivity index (χ3v) is 22.0. The average Bonchev–Trinajstić information content (AvgIpc) is 3.27. The van der Waals surface area contributed by atoms with Crippen LogP contribution in [0.15, 0.2) is 30.3 Å². The number of rotatable bonds is 4. The van der Waals surface area contributed by atoms with Gasteiger partial charge in [0, 0.05) is 4.70 Å². The fraction of sp³-hybridized carbons (Fsp3) is 0.667. The Hall–Kier alpha value is -0.551. The van der Waals surface area contributed by atoms with Crippen LogP contribution in [0.4, 0.5) is 0 Å². The van der Waals surface area contributed by atoms with Gasteiger partial charge in [0.1, 0.15) is 4.88 Å². The predicted octanol–water partition coefficient (Wildman–Crippen LogP) is 9.08. The van der Waals surface area contributed by atoms with E-state index >= 15 is 0 Å². The van der Waals surface area contributed by atoms with Gasteiger partial charge in [0.15, 0.2) is 0 Å². The molecule has 1 N–H and O–H groups in total. The minimum atomic E-state index is -1.15. The monoisotopic (exact) mass is 547 g/mol. The van der Waals surface area contributed by atoms with Crippen LogP contribution < -0.4 is 0 Å². The van der Waals surface area contributed by atoms with Crippen molar-refractivity contribution in [1.29, 1.82) is 0 Å². The summed E-state index contributed by atoms with van der Waals surface area (Å²) in [7, 11) is 0. The first-order valence-electron chi connectivity index (χ1n) is 12.8. The summed E-state index contributed by atoms with van der Waals surface area (Å²) in [5, 5.41) is 9.70. The van der Waals surface area contributed by atoms with Crippen molar-refractivity contribution in [2.24, 2.45) is 0 Å². The second-order valence-corrected chi connectivity index (χ2v) is 20.9. The number of hydrogen-bond acceptors (Lipinski definition) is 2. The fourth-order valence-electron chi connectivity index (χ4n) is 6.40. The molecule has 169 valence electrons. The Balaban J connectivity index is 0.000000166. The zero-order chi connectivity index (χ0) is 21.5. The van der Waals surface area contributed by atoms with E-state index in [9.17, 15) is 4.79 Å². The van der Waals surface area contributed by atoms with Crippen molar-refractivity contribution >= 4 is 47.2 Å². The van der Waals surface area contributed by atoms with Gasteiger partial charge in [0.25, 0.3) is 0 Å². The topological polar surface area (TPSA) is 37.3 Å². The van der Waals surface area contributed by atoms with Gasteiger partial charge in [-0.15, -0.1) is 11.3 Å². The number of carbonyl (C=O) groups is 1. The van der Waals surface area contributed by atoms with Crippen LogP contribution in [0, 0.1) is 0 Å². The Kier molecular flexibility index (Phi) is 9.18. The van der Waals surface area contributed by atoms with Crippen molar-refractivity contribution in [2.45, 2.75) is 108 Å². The summed E-state index contributed by atoms with van der Waals surface area (Å²) in [6, 6.07) is 9.35. The second-order valence-electron chi connectivity index (χ2n) is 9.96. The number of hydrogen-bond donors (Lipinski definition) is 1. The maximum atomic E-state index is 10.6. The van der Waals surface area contributed by atoms with E-state index in [1.807, 2.05) is 24.3 Å². The zero-order valence-corrected chi connectivity index (χ0v) is 22.7. The number of fused-ring (bicyclic) bond motifs is 1. The first-order valence-corrected chi connectivity index (χ1v) is 18.6. The molecule has 4 heteroatoms. The average molecular weight is 546 g/mol. The van der Waals surface area contributed by atoms with Crippen LogP contribution in [0.1, 0.15) is 106 Å². The summed E-state index contributed by atoms with van der Waals surface area (Å²) in [5.41, 5.74) is 0. The normalized spacial score (nSPS) is 21.7. The Morgan fingerprint density at radius 2 is 1.19 bits per heavy atom.